The van der Waals surface area contributed by atoms with E-state index in [0.29, 0.717) is 12.0 Å². The predicted octanol–water partition coefficient (Wildman–Crippen LogP) is 3.69. The van der Waals surface area contributed by atoms with Crippen LogP contribution in [-0.2, 0) is 20.7 Å². The molecule has 11 heteroatoms. The summed E-state index contributed by atoms with van der Waals surface area (Å²) in [5.41, 5.74) is -0.303. The van der Waals surface area contributed by atoms with Gasteiger partial charge >= 0.3 is 6.09 Å². The van der Waals surface area contributed by atoms with Crippen LogP contribution >= 0.6 is 0 Å². The molecule has 2 unspecified atom stereocenters. The third kappa shape index (κ3) is 5.50. The molecule has 2 fully saturated rings. The van der Waals surface area contributed by atoms with Crippen LogP contribution in [0.3, 0.4) is 0 Å². The average molecular weight is 503 g/mol. The highest BCUT2D eigenvalue weighted by molar-refractivity contribution is 5.91. The number of aryl methyl sites for hydroxylation is 1. The molecular weight excluding hydrogens is 479 g/mol. The molecule has 1 heterocycles. The Kier molecular flexibility index (Phi) is 7.00. The van der Waals surface area contributed by atoms with Gasteiger partial charge in [0.1, 0.15) is 5.82 Å². The first-order chi connectivity index (χ1) is 17.1. The second kappa shape index (κ2) is 10.00. The molecule has 0 radical (unpaired) electrons. The highest BCUT2D eigenvalue weighted by Crippen LogP contribution is 2.46. The highest BCUT2D eigenvalue weighted by atomic mass is 19.3. The summed E-state index contributed by atoms with van der Waals surface area (Å²) in [6, 6.07) is 9.63. The molecule has 1 aliphatic heterocycles. The van der Waals surface area contributed by atoms with E-state index >= 15 is 0 Å². The maximum Gasteiger partial charge on any atom is 0.415 e. The van der Waals surface area contributed by atoms with Crippen molar-refractivity contribution in [3.63, 3.8) is 0 Å². The number of Topliss-reactive ketones (excluding diaryl/α,β-unsaturated/α-hetero) is 1. The molecule has 36 heavy (non-hydrogen) atoms. The maximum absolute atomic E-state index is 15.0. The monoisotopic (exact) mass is 503 g/mol. The first kappa shape index (κ1) is 25.2. The number of nitrogens with zero attached hydrogens (tertiary/aromatic N) is 1. The molecule has 0 aromatic heterocycles. The SMILES string of the molecule is CC(=O)NC1CC12CN(c1ccc(Nc3cc(CCCC(=O)C(F)F)cccc3=O)c(F)c1)C(=O)O2. The van der Waals surface area contributed by atoms with E-state index in [2.05, 4.69) is 10.6 Å². The molecule has 1 saturated heterocycles. The number of ketones is 1. The zero-order valence-corrected chi connectivity index (χ0v) is 19.4. The van der Waals surface area contributed by atoms with Crippen LogP contribution in [0, 0.1) is 5.82 Å². The summed E-state index contributed by atoms with van der Waals surface area (Å²) in [5.74, 6) is -2.09. The minimum atomic E-state index is -3.01. The molecule has 2 aliphatic rings. The standard InChI is InChI=1S/C25H24F3N3O5/c1-14(32)29-22-12-25(22)13-31(24(35)36-25)16-8-9-18(17(26)11-16)30-19-10-15(4-2-6-20(19)33)5-3-7-21(34)23(27)28/h2,4,6,8-11,22-23H,3,5,7,12-13H2,1H3,(H,29,32)(H,30,33). The molecule has 2 atom stereocenters. The molecule has 8 nitrogen and oxygen atoms in total. The summed E-state index contributed by atoms with van der Waals surface area (Å²) in [4.78, 5) is 48.5. The Hall–Kier alpha value is -3.89. The molecular formula is C25H24F3N3O5. The Morgan fingerprint density at radius 1 is 1.17 bits per heavy atom. The van der Waals surface area contributed by atoms with Crippen molar-refractivity contribution in [3.8, 4) is 0 Å². The number of anilines is 3. The summed E-state index contributed by atoms with van der Waals surface area (Å²) in [5, 5.41) is 5.47. The van der Waals surface area contributed by atoms with E-state index in [1.165, 1.54) is 42.2 Å². The lowest BCUT2D eigenvalue weighted by Gasteiger charge is -2.15. The van der Waals surface area contributed by atoms with Crippen molar-refractivity contribution in [1.29, 1.82) is 0 Å². The van der Waals surface area contributed by atoms with Gasteiger partial charge in [0.05, 0.1) is 29.6 Å². The zero-order chi connectivity index (χ0) is 26.0. The Morgan fingerprint density at radius 2 is 1.94 bits per heavy atom. The summed E-state index contributed by atoms with van der Waals surface area (Å²) < 4.78 is 45.2. The first-order valence-electron chi connectivity index (χ1n) is 11.4. The number of halogens is 3. The summed E-state index contributed by atoms with van der Waals surface area (Å²) in [6.07, 6.45) is -3.00. The van der Waals surface area contributed by atoms with E-state index in [1.807, 2.05) is 0 Å². The van der Waals surface area contributed by atoms with Gasteiger partial charge in [-0.3, -0.25) is 19.3 Å². The molecule has 1 saturated carbocycles. The Bertz CT molecular complexity index is 1270. The largest absolute Gasteiger partial charge is 0.438 e. The van der Waals surface area contributed by atoms with Crippen molar-refractivity contribution < 1.29 is 32.3 Å². The second-order valence-corrected chi connectivity index (χ2v) is 8.91. The fourth-order valence-corrected chi connectivity index (χ4v) is 4.19. The predicted molar refractivity (Wildman–Crippen MR) is 125 cm³/mol. The normalized spacial score (nSPS) is 20.4. The van der Waals surface area contributed by atoms with Crippen LogP contribution in [0.15, 0.2) is 47.3 Å². The van der Waals surface area contributed by atoms with E-state index in [0.717, 1.165) is 6.07 Å². The summed E-state index contributed by atoms with van der Waals surface area (Å²) >= 11 is 0. The van der Waals surface area contributed by atoms with Crippen molar-refractivity contribution in [1.82, 2.24) is 5.32 Å². The van der Waals surface area contributed by atoms with Crippen LogP contribution in [0.1, 0.15) is 31.7 Å². The molecule has 2 amide bonds. The lowest BCUT2D eigenvalue weighted by atomic mass is 10.1. The van der Waals surface area contributed by atoms with Crippen LogP contribution in [0.2, 0.25) is 0 Å². The lowest BCUT2D eigenvalue weighted by molar-refractivity contribution is -0.129. The third-order valence-corrected chi connectivity index (χ3v) is 6.16. The lowest BCUT2D eigenvalue weighted by Crippen LogP contribution is -2.33. The quantitative estimate of drug-likeness (QED) is 0.541. The first-order valence-corrected chi connectivity index (χ1v) is 11.4. The van der Waals surface area contributed by atoms with Crippen molar-refractivity contribution >= 4 is 34.8 Å². The van der Waals surface area contributed by atoms with Gasteiger partial charge in [0.2, 0.25) is 11.3 Å². The van der Waals surface area contributed by atoms with E-state index in [4.69, 9.17) is 4.74 Å². The van der Waals surface area contributed by atoms with Gasteiger partial charge < -0.3 is 15.4 Å². The van der Waals surface area contributed by atoms with Crippen molar-refractivity contribution in [3.05, 3.63) is 64.1 Å². The van der Waals surface area contributed by atoms with Crippen LogP contribution in [0.25, 0.3) is 0 Å². The van der Waals surface area contributed by atoms with Gasteiger partial charge in [-0.25, -0.2) is 18.0 Å². The molecule has 190 valence electrons. The van der Waals surface area contributed by atoms with Gasteiger partial charge in [-0.1, -0.05) is 12.1 Å². The van der Waals surface area contributed by atoms with Crippen LogP contribution in [0.4, 0.5) is 35.0 Å². The Balaban J connectivity index is 1.46. The van der Waals surface area contributed by atoms with Gasteiger partial charge in [-0.05, 0) is 48.7 Å². The number of nitrogens with one attached hydrogen (secondary N) is 2. The summed E-state index contributed by atoms with van der Waals surface area (Å²) in [7, 11) is 0. The van der Waals surface area contributed by atoms with Crippen molar-refractivity contribution in [2.75, 3.05) is 16.8 Å². The van der Waals surface area contributed by atoms with Crippen LogP contribution in [-0.4, -0.2) is 42.4 Å². The number of carbonyl (C=O) groups excluding carboxylic acids is 3. The van der Waals surface area contributed by atoms with Gasteiger partial charge in [0.15, 0.2) is 11.4 Å². The fourth-order valence-electron chi connectivity index (χ4n) is 4.19. The second-order valence-electron chi connectivity index (χ2n) is 8.91. The summed E-state index contributed by atoms with van der Waals surface area (Å²) in [6.45, 7) is 1.54. The van der Waals surface area contributed by atoms with E-state index in [9.17, 15) is 32.3 Å². The Morgan fingerprint density at radius 3 is 2.64 bits per heavy atom. The number of amides is 2. The molecule has 0 bridgehead atoms. The maximum atomic E-state index is 15.0. The molecule has 2 aromatic rings. The topological polar surface area (TPSA) is 105 Å². The van der Waals surface area contributed by atoms with E-state index in [-0.39, 0.29) is 54.8 Å². The van der Waals surface area contributed by atoms with Crippen molar-refractivity contribution in [2.24, 2.45) is 0 Å². The molecule has 1 spiro atoms. The fraction of sp³-hybridized carbons (Fsp3) is 0.360. The average Bonchev–Trinajstić information content (AvgIpc) is 3.39. The molecule has 4 rings (SSSR count). The minimum absolute atomic E-state index is 0.00861. The highest BCUT2D eigenvalue weighted by Gasteiger charge is 2.64. The third-order valence-electron chi connectivity index (χ3n) is 6.16. The van der Waals surface area contributed by atoms with E-state index in [1.54, 1.807) is 6.07 Å². The smallest absolute Gasteiger partial charge is 0.415 e. The minimum Gasteiger partial charge on any atom is -0.438 e. The van der Waals surface area contributed by atoms with Crippen molar-refractivity contribution in [2.45, 2.75) is 50.7 Å². The number of alkyl halides is 2. The van der Waals surface area contributed by atoms with Gasteiger partial charge in [0.25, 0.3) is 6.43 Å². The van der Waals surface area contributed by atoms with Gasteiger partial charge in [-0.15, -0.1) is 0 Å². The number of ether oxygens (including phenoxy) is 1. The molecule has 1 aliphatic carbocycles. The Labute approximate surface area is 204 Å². The van der Waals surface area contributed by atoms with Gasteiger partial charge in [-0.2, -0.15) is 0 Å². The van der Waals surface area contributed by atoms with E-state index < -0.39 is 35.1 Å². The van der Waals surface area contributed by atoms with Crippen LogP contribution in [0.5, 0.6) is 0 Å². The number of hydrogen-bond donors (Lipinski definition) is 2. The van der Waals surface area contributed by atoms with Crippen LogP contribution < -0.4 is 21.0 Å². The molecule has 2 aromatic carbocycles. The number of rotatable bonds is 9. The zero-order valence-electron chi connectivity index (χ0n) is 19.4. The molecule has 2 N–H and O–H groups in total. The number of carbonyl (C=O) groups is 3. The van der Waals surface area contributed by atoms with Gasteiger partial charge in [0, 0.05) is 19.8 Å². The number of hydrogen-bond acceptors (Lipinski definition) is 6. The number of benzene rings is 1.